The summed E-state index contributed by atoms with van der Waals surface area (Å²) in [6.45, 7) is 7.36. The van der Waals surface area contributed by atoms with Crippen LogP contribution in [0.1, 0.15) is 33.7 Å². The van der Waals surface area contributed by atoms with Crippen molar-refractivity contribution in [1.29, 1.82) is 0 Å². The summed E-state index contributed by atoms with van der Waals surface area (Å²) in [6.07, 6.45) is 2.79. The van der Waals surface area contributed by atoms with Gasteiger partial charge in [0.05, 0.1) is 19.1 Å². The second kappa shape index (κ2) is 8.86. The fraction of sp³-hybridized carbons (Fsp3) is 0.389. The highest BCUT2D eigenvalue weighted by molar-refractivity contribution is 5.47. The lowest BCUT2D eigenvalue weighted by atomic mass is 10.1. The number of amides is 1. The topological polar surface area (TPSA) is 67.3 Å². The summed E-state index contributed by atoms with van der Waals surface area (Å²) in [5, 5.41) is 2.53. The number of ether oxygens (including phenoxy) is 1. The van der Waals surface area contributed by atoms with Gasteiger partial charge in [0, 0.05) is 12.4 Å². The van der Waals surface area contributed by atoms with Crippen LogP contribution in [0.3, 0.4) is 0 Å². The predicted octanol–water partition coefficient (Wildman–Crippen LogP) is 2.58. The molecule has 2 heterocycles. The van der Waals surface area contributed by atoms with Crippen LogP contribution >= 0.6 is 0 Å². The molecule has 0 spiro atoms. The smallest absolute Gasteiger partial charge is 0.225 e. The molecule has 1 aromatic heterocycles. The van der Waals surface area contributed by atoms with Gasteiger partial charge in [0.25, 0.3) is 0 Å². The molecule has 3 rings (SSSR count). The minimum absolute atomic E-state index is 0.120. The molecule has 1 saturated heterocycles. The molecule has 2 aromatic rings. The molecule has 0 radical (unpaired) electrons. The zero-order valence-corrected chi connectivity index (χ0v) is 14.3. The van der Waals surface area contributed by atoms with Gasteiger partial charge in [-0.25, -0.2) is 9.97 Å². The quantitative estimate of drug-likeness (QED) is 0.854. The Labute approximate surface area is 144 Å². The Bertz CT molecular complexity index is 661. The van der Waals surface area contributed by atoms with Crippen molar-refractivity contribution in [3.63, 3.8) is 0 Å². The van der Waals surface area contributed by atoms with E-state index in [0.717, 1.165) is 30.4 Å². The SMILES string of the molecule is CC.[3H]C(=O)NC(C)c1ccc(OC2CN(c3ncccn3)C2)cc1. The normalized spacial score (nSPS) is 15.3. The van der Waals surface area contributed by atoms with Gasteiger partial charge in [0.15, 0.2) is 0 Å². The van der Waals surface area contributed by atoms with Crippen molar-refractivity contribution in [2.45, 2.75) is 32.9 Å². The van der Waals surface area contributed by atoms with Crippen molar-refractivity contribution in [3.8, 4) is 5.75 Å². The molecule has 1 aliphatic rings. The maximum Gasteiger partial charge on any atom is 0.225 e. The number of nitrogens with one attached hydrogen (secondary N) is 1. The molecular weight excluding hydrogens is 304 g/mol. The maximum absolute atomic E-state index is 10.8. The molecular formula is C18H24N4O2. The van der Waals surface area contributed by atoms with E-state index in [9.17, 15) is 4.79 Å². The van der Waals surface area contributed by atoms with Crippen LogP contribution in [0.25, 0.3) is 0 Å². The Balaban J connectivity index is 0.00000109. The van der Waals surface area contributed by atoms with Gasteiger partial charge >= 0.3 is 0 Å². The number of rotatable bonds is 5. The first kappa shape index (κ1) is 16.2. The molecule has 1 N–H and O–H groups in total. The van der Waals surface area contributed by atoms with Gasteiger partial charge in [0.2, 0.25) is 12.3 Å². The highest BCUT2D eigenvalue weighted by atomic mass is 16.5. The van der Waals surface area contributed by atoms with Gasteiger partial charge in [-0.2, -0.15) is 0 Å². The van der Waals surface area contributed by atoms with Crippen molar-refractivity contribution in [3.05, 3.63) is 48.3 Å². The number of carbonyl (C=O) groups excluding carboxylic acids is 1. The van der Waals surface area contributed by atoms with Gasteiger partial charge in [-0.3, -0.25) is 4.79 Å². The van der Waals surface area contributed by atoms with E-state index in [1.54, 1.807) is 18.5 Å². The lowest BCUT2D eigenvalue weighted by Gasteiger charge is -2.38. The van der Waals surface area contributed by atoms with Crippen LogP contribution in [0.5, 0.6) is 5.75 Å². The van der Waals surface area contributed by atoms with E-state index in [4.69, 9.17) is 6.11 Å². The molecule has 1 amide bonds. The summed E-state index contributed by atoms with van der Waals surface area (Å²) in [6, 6.07) is 9.15. The number of hydrogen-bond acceptors (Lipinski definition) is 5. The largest absolute Gasteiger partial charge is 0.487 e. The predicted molar refractivity (Wildman–Crippen MR) is 94.1 cm³/mol. The van der Waals surface area contributed by atoms with E-state index < -0.39 is 6.39 Å². The lowest BCUT2D eigenvalue weighted by Crippen LogP contribution is -2.54. The molecule has 6 heteroatoms. The molecule has 0 bridgehead atoms. The molecule has 1 aliphatic heterocycles. The van der Waals surface area contributed by atoms with E-state index in [1.807, 2.05) is 45.0 Å². The Kier molecular flexibility index (Phi) is 5.99. The van der Waals surface area contributed by atoms with Gasteiger partial charge in [-0.15, -0.1) is 0 Å². The van der Waals surface area contributed by atoms with E-state index in [-0.39, 0.29) is 12.1 Å². The number of aromatic nitrogens is 2. The molecule has 0 aliphatic carbocycles. The van der Waals surface area contributed by atoms with E-state index in [0.29, 0.717) is 0 Å². The molecule has 1 fully saturated rings. The summed E-state index contributed by atoms with van der Waals surface area (Å²) in [5.41, 5.74) is 0.936. The number of nitrogens with zero attached hydrogens (tertiary/aromatic N) is 3. The minimum atomic E-state index is -0.782. The zero-order valence-electron chi connectivity index (χ0n) is 15.3. The lowest BCUT2D eigenvalue weighted by molar-refractivity contribution is -0.110. The Morgan fingerprint density at radius 3 is 2.50 bits per heavy atom. The highest BCUT2D eigenvalue weighted by Crippen LogP contribution is 2.22. The van der Waals surface area contributed by atoms with Gasteiger partial charge in [-0.05, 0) is 30.7 Å². The summed E-state index contributed by atoms with van der Waals surface area (Å²) >= 11 is 0. The second-order valence-corrected chi connectivity index (χ2v) is 5.23. The average molecular weight is 330 g/mol. The van der Waals surface area contributed by atoms with Crippen molar-refractivity contribution in [1.82, 2.24) is 15.3 Å². The van der Waals surface area contributed by atoms with Crippen molar-refractivity contribution < 1.29 is 10.9 Å². The highest BCUT2D eigenvalue weighted by Gasteiger charge is 2.30. The molecule has 1 atom stereocenters. The Morgan fingerprint density at radius 1 is 1.29 bits per heavy atom. The fourth-order valence-corrected chi connectivity index (χ4v) is 2.33. The van der Waals surface area contributed by atoms with Crippen molar-refractivity contribution in [2.24, 2.45) is 0 Å². The Morgan fingerprint density at radius 2 is 1.92 bits per heavy atom. The average Bonchev–Trinajstić information content (AvgIpc) is 2.60. The van der Waals surface area contributed by atoms with E-state index >= 15 is 0 Å². The number of hydrogen-bond donors (Lipinski definition) is 1. The third kappa shape index (κ3) is 4.44. The standard InChI is InChI=1S/C16H18N4O2.C2H6/c1-12(19-11-21)13-3-5-14(6-4-13)22-15-9-20(10-15)16-17-7-2-8-18-16;1-2/h2-8,11-12,15H,9-10H2,1H3,(H,19,21);1-2H3/i11T;. The number of carbonyl (C=O) groups is 1. The van der Waals surface area contributed by atoms with Crippen LogP contribution in [0.2, 0.25) is 0 Å². The summed E-state index contributed by atoms with van der Waals surface area (Å²) < 4.78 is 12.8. The molecule has 0 saturated carbocycles. The van der Waals surface area contributed by atoms with E-state index in [1.165, 1.54) is 0 Å². The van der Waals surface area contributed by atoms with Crippen LogP contribution in [-0.4, -0.2) is 35.5 Å². The van der Waals surface area contributed by atoms with Crippen LogP contribution in [0.4, 0.5) is 5.95 Å². The number of benzene rings is 1. The number of anilines is 1. The van der Waals surface area contributed by atoms with E-state index in [2.05, 4.69) is 20.2 Å². The van der Waals surface area contributed by atoms with Crippen LogP contribution < -0.4 is 15.0 Å². The Hall–Kier alpha value is -2.63. The fourth-order valence-electron chi connectivity index (χ4n) is 2.33. The summed E-state index contributed by atoms with van der Waals surface area (Å²) in [5.74, 6) is 1.51. The van der Waals surface area contributed by atoms with Gasteiger partial charge in [-0.1, -0.05) is 26.0 Å². The third-order valence-electron chi connectivity index (χ3n) is 3.64. The van der Waals surface area contributed by atoms with Crippen LogP contribution in [0.15, 0.2) is 42.7 Å². The van der Waals surface area contributed by atoms with Gasteiger partial charge < -0.3 is 15.0 Å². The minimum Gasteiger partial charge on any atom is -0.487 e. The first-order valence-corrected chi connectivity index (χ1v) is 8.17. The van der Waals surface area contributed by atoms with Crippen molar-refractivity contribution in [2.75, 3.05) is 18.0 Å². The molecule has 24 heavy (non-hydrogen) atoms. The molecule has 1 unspecified atom stereocenters. The van der Waals surface area contributed by atoms with Crippen LogP contribution in [-0.2, 0) is 4.79 Å². The first-order chi connectivity index (χ1) is 12.1. The monoisotopic (exact) mass is 330 g/mol. The molecule has 1 aromatic carbocycles. The molecule has 128 valence electrons. The third-order valence-corrected chi connectivity index (χ3v) is 3.64. The maximum atomic E-state index is 10.8. The summed E-state index contributed by atoms with van der Waals surface area (Å²) in [7, 11) is 0. The summed E-state index contributed by atoms with van der Waals surface area (Å²) in [4.78, 5) is 21.2. The zero-order chi connectivity index (χ0) is 18.2. The molecule has 6 nitrogen and oxygen atoms in total. The van der Waals surface area contributed by atoms with Crippen LogP contribution in [0, 0.1) is 0 Å². The second-order valence-electron chi connectivity index (χ2n) is 5.23. The van der Waals surface area contributed by atoms with Gasteiger partial charge in [0.1, 0.15) is 13.2 Å². The first-order valence-electron chi connectivity index (χ1n) is 8.67. The van der Waals surface area contributed by atoms with Crippen molar-refractivity contribution >= 4 is 12.3 Å².